The third-order valence-corrected chi connectivity index (χ3v) is 4.28. The van der Waals surface area contributed by atoms with Gasteiger partial charge in [0.2, 0.25) is 0 Å². The number of anilines is 1. The minimum Gasteiger partial charge on any atom is -0.465 e. The zero-order valence-electron chi connectivity index (χ0n) is 17.5. The van der Waals surface area contributed by atoms with E-state index >= 15 is 0 Å². The maximum Gasteiger partial charge on any atom is 0.417 e. The molecule has 2 aromatic rings. The van der Waals surface area contributed by atoms with Crippen LogP contribution in [0.2, 0.25) is 0 Å². The average molecular weight is 442 g/mol. The molecule has 32 heavy (non-hydrogen) atoms. The maximum atomic E-state index is 13.7. The highest BCUT2D eigenvalue weighted by Gasteiger charge is 2.36. The van der Waals surface area contributed by atoms with E-state index in [4.69, 9.17) is 11.5 Å². The van der Waals surface area contributed by atoms with Crippen molar-refractivity contribution >= 4 is 17.5 Å². The molecule has 0 unspecified atom stereocenters. The summed E-state index contributed by atoms with van der Waals surface area (Å²) in [5.74, 6) is 4.94. The molecule has 0 saturated heterocycles. The number of nitrogen functional groups attached to an aromatic ring is 1. The molecule has 0 saturated carbocycles. The van der Waals surface area contributed by atoms with Crippen LogP contribution in [0.4, 0.5) is 19.0 Å². The van der Waals surface area contributed by atoms with Crippen molar-refractivity contribution < 1.29 is 22.7 Å². The van der Waals surface area contributed by atoms with Gasteiger partial charge in [0.15, 0.2) is 0 Å². The molecular weight excluding hydrogens is 421 g/mol. The van der Waals surface area contributed by atoms with Crippen molar-refractivity contribution in [1.82, 2.24) is 4.98 Å². The van der Waals surface area contributed by atoms with Gasteiger partial charge in [0.05, 0.1) is 29.5 Å². The quantitative estimate of drug-likeness (QED) is 0.413. The second kappa shape index (κ2) is 10.3. The van der Waals surface area contributed by atoms with Gasteiger partial charge in [0.1, 0.15) is 5.82 Å². The van der Waals surface area contributed by atoms with Crippen LogP contribution in [-0.4, -0.2) is 23.8 Å². The number of hydrogen-bond acceptors (Lipinski definition) is 6. The number of pyridine rings is 1. The number of esters is 1. The number of carbonyl (C=O) groups excluding carboxylic acids is 1. The van der Waals surface area contributed by atoms with Gasteiger partial charge >= 0.3 is 12.1 Å². The second-order valence-electron chi connectivity index (χ2n) is 6.39. The molecule has 0 amide bonds. The van der Waals surface area contributed by atoms with Crippen molar-refractivity contribution in [3.63, 3.8) is 0 Å². The topological polar surface area (TPSA) is 104 Å². The van der Waals surface area contributed by atoms with Gasteiger partial charge < -0.3 is 16.2 Å². The average Bonchev–Trinajstić information content (AvgIpc) is 2.77. The van der Waals surface area contributed by atoms with Crippen LogP contribution in [0.25, 0.3) is 0 Å². The van der Waals surface area contributed by atoms with Crippen LogP contribution in [0.15, 0.2) is 65.6 Å². The first-order chi connectivity index (χ1) is 15.1. The molecule has 2 rings (SSSR count). The van der Waals surface area contributed by atoms with Crippen LogP contribution >= 0.6 is 0 Å². The van der Waals surface area contributed by atoms with Crippen LogP contribution in [0.1, 0.15) is 40.4 Å². The van der Waals surface area contributed by atoms with E-state index in [0.29, 0.717) is 23.5 Å². The van der Waals surface area contributed by atoms with Gasteiger partial charge in [-0.05, 0) is 30.7 Å². The Hall–Kier alpha value is -4.06. The number of benzene rings is 1. The van der Waals surface area contributed by atoms with E-state index in [-0.39, 0.29) is 16.8 Å². The van der Waals surface area contributed by atoms with Crippen molar-refractivity contribution in [3.8, 4) is 11.8 Å². The Morgan fingerprint density at radius 3 is 2.56 bits per heavy atom. The molecule has 0 aliphatic rings. The van der Waals surface area contributed by atoms with Gasteiger partial charge in [-0.3, -0.25) is 4.99 Å². The van der Waals surface area contributed by atoms with Gasteiger partial charge in [0.25, 0.3) is 0 Å². The number of ether oxygens (including phenoxy) is 1. The predicted octanol–water partition coefficient (Wildman–Crippen LogP) is 4.08. The van der Waals surface area contributed by atoms with Gasteiger partial charge in [-0.2, -0.15) is 13.2 Å². The van der Waals surface area contributed by atoms with Gasteiger partial charge in [0, 0.05) is 29.2 Å². The highest BCUT2D eigenvalue weighted by molar-refractivity contribution is 6.16. The van der Waals surface area contributed by atoms with E-state index in [0.717, 1.165) is 19.2 Å². The zero-order chi connectivity index (χ0) is 23.9. The van der Waals surface area contributed by atoms with Crippen molar-refractivity contribution in [2.45, 2.75) is 19.5 Å². The molecular formula is C23H21F3N4O2. The molecule has 166 valence electrons. The molecule has 0 radical (unpaired) electrons. The van der Waals surface area contributed by atoms with Crippen molar-refractivity contribution in [2.75, 3.05) is 12.8 Å². The molecule has 4 N–H and O–H groups in total. The van der Waals surface area contributed by atoms with E-state index in [1.807, 2.05) is 0 Å². The minimum atomic E-state index is -4.81. The number of aromatic nitrogens is 1. The third kappa shape index (κ3) is 5.76. The third-order valence-electron chi connectivity index (χ3n) is 4.28. The maximum absolute atomic E-state index is 13.7. The fourth-order valence-electron chi connectivity index (χ4n) is 2.67. The number of alkyl halides is 3. The van der Waals surface area contributed by atoms with Crippen LogP contribution in [0, 0.1) is 11.8 Å². The molecule has 9 heteroatoms. The van der Waals surface area contributed by atoms with Crippen LogP contribution in [0.3, 0.4) is 0 Å². The normalized spacial score (nSPS) is 12.3. The first kappa shape index (κ1) is 24.2. The summed E-state index contributed by atoms with van der Waals surface area (Å²) in [6.45, 7) is 5.31. The van der Waals surface area contributed by atoms with E-state index in [1.54, 1.807) is 19.1 Å². The Morgan fingerprint density at radius 1 is 1.31 bits per heavy atom. The molecule has 1 aromatic heterocycles. The monoisotopic (exact) mass is 442 g/mol. The van der Waals surface area contributed by atoms with Crippen molar-refractivity contribution in [2.24, 2.45) is 10.7 Å². The lowest BCUT2D eigenvalue weighted by Gasteiger charge is -2.15. The Morgan fingerprint density at radius 2 is 2.03 bits per heavy atom. The summed E-state index contributed by atoms with van der Waals surface area (Å²) in [6.07, 6.45) is -1.81. The largest absolute Gasteiger partial charge is 0.465 e. The molecule has 0 spiro atoms. The lowest BCUT2D eigenvalue weighted by molar-refractivity contribution is -0.138. The standard InChI is InChI=1S/C23H21F3N4O2/c1-4-19(27)17(9-6-14-7-11-20(28)30-13-14)21(29-5-2)15-8-10-16(22(31)32-3)18(12-15)23(24,25)26/h5,7-8,10-13H,2,4,27H2,1,3H3,(H2,28,30)/b19-17-,29-21?. The van der Waals surface area contributed by atoms with Gasteiger partial charge in [-0.15, -0.1) is 0 Å². The number of methoxy groups -OCH3 is 1. The number of rotatable bonds is 5. The fraction of sp³-hybridized carbons (Fsp3) is 0.174. The molecule has 1 aromatic carbocycles. The molecule has 0 fully saturated rings. The van der Waals surface area contributed by atoms with Crippen molar-refractivity contribution in [3.05, 3.63) is 82.8 Å². The molecule has 0 bridgehead atoms. The number of nitrogens with zero attached hydrogens (tertiary/aromatic N) is 2. The fourth-order valence-corrected chi connectivity index (χ4v) is 2.67. The summed E-state index contributed by atoms with van der Waals surface area (Å²) in [5.41, 5.74) is 11.1. The highest BCUT2D eigenvalue weighted by Crippen LogP contribution is 2.33. The number of allylic oxidation sites excluding steroid dienone is 2. The van der Waals surface area contributed by atoms with Gasteiger partial charge in [-0.1, -0.05) is 31.4 Å². The van der Waals surface area contributed by atoms with E-state index < -0.39 is 23.3 Å². The van der Waals surface area contributed by atoms with Crippen LogP contribution in [-0.2, 0) is 10.9 Å². The molecule has 6 nitrogen and oxygen atoms in total. The van der Waals surface area contributed by atoms with E-state index in [1.165, 1.54) is 18.5 Å². The Balaban J connectivity index is 2.69. The summed E-state index contributed by atoms with van der Waals surface area (Å²) in [5, 5.41) is 0. The summed E-state index contributed by atoms with van der Waals surface area (Å²) >= 11 is 0. The Labute approximate surface area is 183 Å². The summed E-state index contributed by atoms with van der Waals surface area (Å²) in [7, 11) is 1.01. The summed E-state index contributed by atoms with van der Waals surface area (Å²) < 4.78 is 45.4. The SMILES string of the molecule is C=CN=C(/C(C#Cc1ccc(N)nc1)=C(\N)CC)c1ccc(C(=O)OC)c(C(F)(F)F)c1. The lowest BCUT2D eigenvalue weighted by Crippen LogP contribution is -2.17. The smallest absolute Gasteiger partial charge is 0.417 e. The zero-order valence-corrected chi connectivity index (χ0v) is 17.5. The van der Waals surface area contributed by atoms with Crippen LogP contribution in [0.5, 0.6) is 0 Å². The molecule has 0 aliphatic carbocycles. The number of nitrogens with two attached hydrogens (primary N) is 2. The second-order valence-corrected chi connectivity index (χ2v) is 6.39. The number of hydrogen-bond donors (Lipinski definition) is 2. The molecule has 0 atom stereocenters. The van der Waals surface area contributed by atoms with E-state index in [2.05, 4.69) is 33.1 Å². The Kier molecular flexibility index (Phi) is 7.80. The number of carbonyl (C=O) groups is 1. The molecule has 1 heterocycles. The Bertz CT molecular complexity index is 1140. The lowest BCUT2D eigenvalue weighted by atomic mass is 9.95. The van der Waals surface area contributed by atoms with Crippen LogP contribution < -0.4 is 11.5 Å². The first-order valence-corrected chi connectivity index (χ1v) is 9.33. The number of aliphatic imine (C=N–C) groups is 1. The highest BCUT2D eigenvalue weighted by atomic mass is 19.4. The first-order valence-electron chi connectivity index (χ1n) is 9.33. The van der Waals surface area contributed by atoms with E-state index in [9.17, 15) is 18.0 Å². The number of halogens is 3. The summed E-state index contributed by atoms with van der Waals surface area (Å²) in [4.78, 5) is 19.9. The molecule has 0 aliphatic heterocycles. The predicted molar refractivity (Wildman–Crippen MR) is 117 cm³/mol. The minimum absolute atomic E-state index is 0.0565. The summed E-state index contributed by atoms with van der Waals surface area (Å²) in [6, 6.07) is 6.37. The van der Waals surface area contributed by atoms with Crippen molar-refractivity contribution in [1.29, 1.82) is 0 Å². The van der Waals surface area contributed by atoms with Gasteiger partial charge in [-0.25, -0.2) is 9.78 Å².